The molecular formula is C15H13F4NO4S. The van der Waals surface area contributed by atoms with Crippen LogP contribution in [0.25, 0.3) is 0 Å². The van der Waals surface area contributed by atoms with Gasteiger partial charge in [-0.05, 0) is 12.1 Å². The predicted octanol–water partition coefficient (Wildman–Crippen LogP) is 2.56. The zero-order valence-electron chi connectivity index (χ0n) is 12.8. The minimum absolute atomic E-state index is 0.317. The number of nitrogens with zero attached hydrogens (tertiary/aromatic N) is 1. The lowest BCUT2D eigenvalue weighted by Gasteiger charge is -2.36. The Balaban J connectivity index is 2.05. The average Bonchev–Trinajstić information content (AvgIpc) is 2.66. The summed E-state index contributed by atoms with van der Waals surface area (Å²) in [5.41, 5.74) is -3.59. The van der Waals surface area contributed by atoms with E-state index in [0.29, 0.717) is 0 Å². The van der Waals surface area contributed by atoms with Crippen LogP contribution in [0.15, 0.2) is 17.0 Å². The lowest BCUT2D eigenvalue weighted by Crippen LogP contribution is -2.45. The van der Waals surface area contributed by atoms with E-state index in [-0.39, 0.29) is 12.8 Å². The normalized spacial score (nSPS) is 33.2. The van der Waals surface area contributed by atoms with Gasteiger partial charge in [-0.1, -0.05) is 0 Å². The molecule has 136 valence electrons. The van der Waals surface area contributed by atoms with Gasteiger partial charge in [0, 0.05) is 30.2 Å². The van der Waals surface area contributed by atoms with Crippen LogP contribution in [0, 0.1) is 11.3 Å². The Bertz CT molecular complexity index is 874. The Morgan fingerprint density at radius 3 is 2.40 bits per heavy atom. The molecule has 0 heterocycles. The zero-order valence-corrected chi connectivity index (χ0v) is 13.7. The summed E-state index contributed by atoms with van der Waals surface area (Å²) < 4.78 is 84.5. The van der Waals surface area contributed by atoms with Crippen LogP contribution >= 0.6 is 0 Å². The Morgan fingerprint density at radius 2 is 1.88 bits per heavy atom. The SMILES string of the molecule is CS(=O)(=O)c1ccc(O[C@H]2C[C@@](F)(C#N)C2)c2c1[C@H](O)C(F)(F)[C@@H]2F. The van der Waals surface area contributed by atoms with Crippen molar-refractivity contribution in [2.45, 2.75) is 47.7 Å². The number of nitriles is 1. The second-order valence-corrected chi connectivity index (χ2v) is 8.31. The molecule has 0 amide bonds. The zero-order chi connectivity index (χ0) is 18.8. The fraction of sp³-hybridized carbons (Fsp3) is 0.533. The summed E-state index contributed by atoms with van der Waals surface area (Å²) in [5, 5.41) is 18.4. The van der Waals surface area contributed by atoms with Gasteiger partial charge in [0.15, 0.2) is 16.0 Å². The summed E-state index contributed by atoms with van der Waals surface area (Å²) in [6.45, 7) is 0. The van der Waals surface area contributed by atoms with Gasteiger partial charge >= 0.3 is 5.92 Å². The van der Waals surface area contributed by atoms with E-state index in [9.17, 15) is 31.1 Å². The van der Waals surface area contributed by atoms with Gasteiger partial charge in [0.2, 0.25) is 5.67 Å². The molecule has 0 aliphatic heterocycles. The van der Waals surface area contributed by atoms with Crippen molar-refractivity contribution in [2.75, 3.05) is 6.26 Å². The summed E-state index contributed by atoms with van der Waals surface area (Å²) in [6.07, 6.45) is -6.34. The maximum Gasteiger partial charge on any atom is 0.312 e. The minimum Gasteiger partial charge on any atom is -0.490 e. The first-order valence-corrected chi connectivity index (χ1v) is 9.13. The maximum absolute atomic E-state index is 14.3. The number of ether oxygens (including phenoxy) is 1. The third kappa shape index (κ3) is 2.66. The van der Waals surface area contributed by atoms with Crippen molar-refractivity contribution >= 4 is 9.84 Å². The molecule has 0 radical (unpaired) electrons. The average molecular weight is 379 g/mol. The second kappa shape index (κ2) is 5.32. The van der Waals surface area contributed by atoms with Gasteiger partial charge in [-0.3, -0.25) is 0 Å². The monoisotopic (exact) mass is 379 g/mol. The van der Waals surface area contributed by atoms with Gasteiger partial charge in [0.05, 0.1) is 4.90 Å². The van der Waals surface area contributed by atoms with Gasteiger partial charge in [0.25, 0.3) is 0 Å². The largest absolute Gasteiger partial charge is 0.490 e. The molecule has 0 unspecified atom stereocenters. The smallest absolute Gasteiger partial charge is 0.312 e. The van der Waals surface area contributed by atoms with Crippen LogP contribution in [0.5, 0.6) is 5.75 Å². The van der Waals surface area contributed by atoms with Crippen molar-refractivity contribution in [1.29, 1.82) is 5.26 Å². The number of fused-ring (bicyclic) bond motifs is 1. The van der Waals surface area contributed by atoms with Gasteiger partial charge in [-0.2, -0.15) is 14.0 Å². The lowest BCUT2D eigenvalue weighted by molar-refractivity contribution is -0.144. The molecule has 1 fully saturated rings. The first kappa shape index (κ1) is 17.9. The number of benzene rings is 1. The molecule has 0 bridgehead atoms. The van der Waals surface area contributed by atoms with Gasteiger partial charge in [-0.25, -0.2) is 17.2 Å². The molecule has 0 aromatic heterocycles. The number of rotatable bonds is 3. The van der Waals surface area contributed by atoms with E-state index in [0.717, 1.165) is 18.4 Å². The van der Waals surface area contributed by atoms with Gasteiger partial charge < -0.3 is 9.84 Å². The molecule has 5 nitrogen and oxygen atoms in total. The van der Waals surface area contributed by atoms with Crippen molar-refractivity contribution in [1.82, 2.24) is 0 Å². The molecule has 10 heteroatoms. The van der Waals surface area contributed by atoms with E-state index in [1.807, 2.05) is 0 Å². The van der Waals surface area contributed by atoms with Crippen LogP contribution in [0.4, 0.5) is 17.6 Å². The van der Waals surface area contributed by atoms with Crippen LogP contribution in [0.1, 0.15) is 36.2 Å². The van der Waals surface area contributed by atoms with Gasteiger partial charge in [-0.15, -0.1) is 0 Å². The fourth-order valence-corrected chi connectivity index (χ4v) is 4.04. The Labute approximate surface area is 140 Å². The lowest BCUT2D eigenvalue weighted by atomic mass is 9.80. The first-order chi connectivity index (χ1) is 11.4. The van der Waals surface area contributed by atoms with Crippen molar-refractivity contribution in [3.8, 4) is 11.8 Å². The Hall–Kier alpha value is -1.86. The molecule has 25 heavy (non-hydrogen) atoms. The molecule has 3 rings (SSSR count). The van der Waals surface area contributed by atoms with E-state index < -0.39 is 61.6 Å². The van der Waals surface area contributed by atoms with Crippen LogP contribution in [-0.2, 0) is 9.84 Å². The standard InChI is InChI=1S/C15H13F4NO4S/c1-25(22,23)9-3-2-8(24-7-4-14(17,5-7)6-20)10-11(9)13(21)15(18,19)12(10)16/h2-3,7,12-13,21H,4-5H2,1H3/t7-,12-,13+,14-/m1/s1. The molecule has 1 aromatic rings. The van der Waals surface area contributed by atoms with Crippen molar-refractivity contribution < 1.29 is 35.8 Å². The van der Waals surface area contributed by atoms with Crippen molar-refractivity contribution in [3.63, 3.8) is 0 Å². The highest BCUT2D eigenvalue weighted by molar-refractivity contribution is 7.90. The predicted molar refractivity (Wildman–Crippen MR) is 76.4 cm³/mol. The van der Waals surface area contributed by atoms with E-state index in [1.165, 1.54) is 6.07 Å². The van der Waals surface area contributed by atoms with Crippen molar-refractivity contribution in [2.24, 2.45) is 0 Å². The second-order valence-electron chi connectivity index (χ2n) is 6.33. The fourth-order valence-electron chi connectivity index (χ4n) is 3.11. The maximum atomic E-state index is 14.3. The van der Waals surface area contributed by atoms with Crippen molar-refractivity contribution in [3.05, 3.63) is 23.3 Å². The third-order valence-corrected chi connectivity index (χ3v) is 5.59. The Kier molecular flexibility index (Phi) is 3.82. The molecular weight excluding hydrogens is 366 g/mol. The van der Waals surface area contributed by atoms with E-state index in [1.54, 1.807) is 0 Å². The van der Waals surface area contributed by atoms with E-state index in [4.69, 9.17) is 10.00 Å². The summed E-state index contributed by atoms with van der Waals surface area (Å²) in [7, 11) is -4.01. The molecule has 2 aliphatic carbocycles. The highest BCUT2D eigenvalue weighted by Gasteiger charge is 2.59. The van der Waals surface area contributed by atoms with Gasteiger partial charge in [0.1, 0.15) is 24.0 Å². The highest BCUT2D eigenvalue weighted by Crippen LogP contribution is 2.57. The summed E-state index contributed by atoms with van der Waals surface area (Å²) in [6, 6.07) is 3.38. The van der Waals surface area contributed by atoms with Crippen LogP contribution < -0.4 is 4.74 Å². The number of aliphatic hydroxyl groups excluding tert-OH is 1. The van der Waals surface area contributed by atoms with E-state index in [2.05, 4.69) is 0 Å². The molecule has 2 aliphatic rings. The topological polar surface area (TPSA) is 87.4 Å². The molecule has 0 saturated heterocycles. The number of hydrogen-bond donors (Lipinski definition) is 1. The number of halogens is 4. The molecule has 1 N–H and O–H groups in total. The summed E-state index contributed by atoms with van der Waals surface area (Å²) in [5.74, 6) is -4.62. The molecule has 1 saturated carbocycles. The number of hydrogen-bond acceptors (Lipinski definition) is 5. The summed E-state index contributed by atoms with van der Waals surface area (Å²) >= 11 is 0. The number of sulfone groups is 1. The quantitative estimate of drug-likeness (QED) is 0.816. The highest BCUT2D eigenvalue weighted by atomic mass is 32.2. The molecule has 0 spiro atoms. The summed E-state index contributed by atoms with van der Waals surface area (Å²) in [4.78, 5) is -0.618. The molecule has 1 aromatic carbocycles. The number of alkyl halides is 4. The van der Waals surface area contributed by atoms with Crippen LogP contribution in [0.2, 0.25) is 0 Å². The third-order valence-electron chi connectivity index (χ3n) is 4.43. The first-order valence-electron chi connectivity index (χ1n) is 7.24. The number of aliphatic hydroxyl groups is 1. The Morgan fingerprint density at radius 1 is 1.28 bits per heavy atom. The van der Waals surface area contributed by atoms with Crippen LogP contribution in [-0.4, -0.2) is 37.5 Å². The molecule has 2 atom stereocenters. The van der Waals surface area contributed by atoms with Crippen LogP contribution in [0.3, 0.4) is 0 Å². The van der Waals surface area contributed by atoms with E-state index >= 15 is 0 Å². The minimum atomic E-state index is -4.22.